The number of rotatable bonds is 1. The second-order valence-corrected chi connectivity index (χ2v) is 2.38. The van der Waals surface area contributed by atoms with Crippen LogP contribution in [0.25, 0.3) is 0 Å². The second-order valence-electron chi connectivity index (χ2n) is 2.38. The first-order valence-electron chi connectivity index (χ1n) is 3.31. The smallest absolute Gasteiger partial charge is 0.355 e. The van der Waals surface area contributed by atoms with Crippen LogP contribution in [0.1, 0.15) is 21.7 Å². The van der Waals surface area contributed by atoms with E-state index in [9.17, 15) is 4.79 Å². The van der Waals surface area contributed by atoms with E-state index >= 15 is 0 Å². The summed E-state index contributed by atoms with van der Waals surface area (Å²) in [6, 6.07) is 0. The van der Waals surface area contributed by atoms with Crippen molar-refractivity contribution in [3.8, 4) is 12.3 Å². The lowest BCUT2D eigenvalue weighted by atomic mass is 10.2. The summed E-state index contributed by atoms with van der Waals surface area (Å²) in [5.41, 5.74) is 0.984. The Hall–Kier alpha value is -1.76. The van der Waals surface area contributed by atoms with Gasteiger partial charge in [0.2, 0.25) is 0 Å². The summed E-state index contributed by atoms with van der Waals surface area (Å²) in [6.45, 7) is 1.68. The van der Waals surface area contributed by atoms with E-state index in [4.69, 9.17) is 11.5 Å². The topological polar surface area (TPSA) is 55.1 Å². The van der Waals surface area contributed by atoms with E-state index in [1.807, 2.05) is 0 Å². The molecule has 0 saturated carbocycles. The third kappa shape index (κ3) is 1.05. The molecule has 4 heteroatoms. The summed E-state index contributed by atoms with van der Waals surface area (Å²) < 4.78 is 1.27. The Kier molecular flexibility index (Phi) is 1.88. The van der Waals surface area contributed by atoms with Crippen LogP contribution >= 0.6 is 0 Å². The number of carboxylic acid groups (broad SMARTS) is 1. The monoisotopic (exact) mass is 164 g/mol. The molecule has 0 aliphatic heterocycles. The summed E-state index contributed by atoms with van der Waals surface area (Å²) >= 11 is 0. The average molecular weight is 164 g/mol. The molecule has 1 rings (SSSR count). The lowest BCUT2D eigenvalue weighted by Crippen LogP contribution is -2.06. The van der Waals surface area contributed by atoms with Crippen molar-refractivity contribution in [3.63, 3.8) is 0 Å². The van der Waals surface area contributed by atoms with Gasteiger partial charge in [-0.1, -0.05) is 5.92 Å². The van der Waals surface area contributed by atoms with Crippen molar-refractivity contribution in [2.24, 2.45) is 7.05 Å². The molecule has 0 aliphatic carbocycles. The maximum absolute atomic E-state index is 10.7. The van der Waals surface area contributed by atoms with Crippen LogP contribution in [-0.4, -0.2) is 20.9 Å². The highest BCUT2D eigenvalue weighted by Gasteiger charge is 2.16. The van der Waals surface area contributed by atoms with E-state index in [1.165, 1.54) is 4.68 Å². The number of carbonyl (C=O) groups is 1. The van der Waals surface area contributed by atoms with Crippen molar-refractivity contribution < 1.29 is 9.90 Å². The maximum Gasteiger partial charge on any atom is 0.355 e. The fourth-order valence-corrected chi connectivity index (χ4v) is 1.08. The molecule has 0 aromatic carbocycles. The normalized spacial score (nSPS) is 9.42. The third-order valence-electron chi connectivity index (χ3n) is 1.57. The zero-order valence-electron chi connectivity index (χ0n) is 6.83. The van der Waals surface area contributed by atoms with Gasteiger partial charge in [0.1, 0.15) is 0 Å². The molecular weight excluding hydrogens is 156 g/mol. The average Bonchev–Trinajstić information content (AvgIpc) is 2.24. The molecule has 1 aromatic heterocycles. The van der Waals surface area contributed by atoms with Crippen molar-refractivity contribution in [1.29, 1.82) is 0 Å². The van der Waals surface area contributed by atoms with Crippen molar-refractivity contribution in [2.45, 2.75) is 6.92 Å². The molecule has 12 heavy (non-hydrogen) atoms. The largest absolute Gasteiger partial charge is 0.476 e. The molecule has 0 saturated heterocycles. The van der Waals surface area contributed by atoms with Crippen molar-refractivity contribution in [3.05, 3.63) is 17.0 Å². The van der Waals surface area contributed by atoms with Gasteiger partial charge in [-0.3, -0.25) is 4.68 Å². The van der Waals surface area contributed by atoms with Crippen LogP contribution in [-0.2, 0) is 7.05 Å². The Morgan fingerprint density at radius 1 is 1.75 bits per heavy atom. The standard InChI is InChI=1S/C8H8N2O2/c1-4-6-5(2)9-10(3)7(6)8(11)12/h1H,2-3H3,(H,11,12). The zero-order valence-corrected chi connectivity index (χ0v) is 6.83. The van der Waals surface area contributed by atoms with Crippen LogP contribution in [0, 0.1) is 19.3 Å². The van der Waals surface area contributed by atoms with E-state index in [-0.39, 0.29) is 5.69 Å². The molecule has 1 N–H and O–H groups in total. The fraction of sp³-hybridized carbons (Fsp3) is 0.250. The van der Waals surface area contributed by atoms with E-state index in [2.05, 4.69) is 11.0 Å². The number of aryl methyl sites for hydroxylation is 2. The Morgan fingerprint density at radius 3 is 2.67 bits per heavy atom. The summed E-state index contributed by atoms with van der Waals surface area (Å²) in [7, 11) is 1.55. The minimum Gasteiger partial charge on any atom is -0.476 e. The predicted octanol–water partition coefficient (Wildman–Crippen LogP) is 0.408. The number of aromatic carboxylic acids is 1. The number of aromatic nitrogens is 2. The number of hydrogen-bond acceptors (Lipinski definition) is 2. The lowest BCUT2D eigenvalue weighted by molar-refractivity contribution is 0.0684. The van der Waals surface area contributed by atoms with E-state index < -0.39 is 5.97 Å². The number of carboxylic acids is 1. The van der Waals surface area contributed by atoms with Gasteiger partial charge in [0.15, 0.2) is 5.69 Å². The number of nitrogens with zero attached hydrogens (tertiary/aromatic N) is 2. The maximum atomic E-state index is 10.7. The van der Waals surface area contributed by atoms with Crippen molar-refractivity contribution in [2.75, 3.05) is 0 Å². The second kappa shape index (κ2) is 2.70. The van der Waals surface area contributed by atoms with Gasteiger partial charge >= 0.3 is 5.97 Å². The summed E-state index contributed by atoms with van der Waals surface area (Å²) in [6.07, 6.45) is 5.14. The van der Waals surface area contributed by atoms with Gasteiger partial charge in [0, 0.05) is 7.05 Å². The zero-order chi connectivity index (χ0) is 9.30. The van der Waals surface area contributed by atoms with Gasteiger partial charge in [0.05, 0.1) is 11.3 Å². The Bertz CT molecular complexity index is 371. The first-order chi connectivity index (χ1) is 5.57. The molecular formula is C8H8N2O2. The Balaban J connectivity index is 3.45. The molecule has 0 amide bonds. The van der Waals surface area contributed by atoms with Crippen molar-refractivity contribution >= 4 is 5.97 Å². The summed E-state index contributed by atoms with van der Waals surface area (Å²) in [5.74, 6) is 1.25. The molecule has 0 radical (unpaired) electrons. The van der Waals surface area contributed by atoms with E-state index in [0.717, 1.165) is 0 Å². The molecule has 0 atom stereocenters. The highest BCUT2D eigenvalue weighted by atomic mass is 16.4. The van der Waals surface area contributed by atoms with Crippen LogP contribution in [0.3, 0.4) is 0 Å². The Morgan fingerprint density at radius 2 is 2.33 bits per heavy atom. The molecule has 62 valence electrons. The molecule has 1 heterocycles. The van der Waals surface area contributed by atoms with E-state index in [1.54, 1.807) is 14.0 Å². The van der Waals surface area contributed by atoms with Gasteiger partial charge < -0.3 is 5.11 Å². The molecule has 0 bridgehead atoms. The SMILES string of the molecule is C#Cc1c(C)nn(C)c1C(=O)O. The third-order valence-corrected chi connectivity index (χ3v) is 1.57. The highest BCUT2D eigenvalue weighted by Crippen LogP contribution is 2.10. The van der Waals surface area contributed by atoms with Gasteiger partial charge in [0.25, 0.3) is 0 Å². The molecule has 1 aromatic rings. The highest BCUT2D eigenvalue weighted by molar-refractivity contribution is 5.89. The minimum atomic E-state index is -1.05. The molecule has 0 aliphatic rings. The van der Waals surface area contributed by atoms with Gasteiger partial charge in [-0.25, -0.2) is 4.79 Å². The van der Waals surface area contributed by atoms with Gasteiger partial charge in [-0.05, 0) is 6.92 Å². The fourth-order valence-electron chi connectivity index (χ4n) is 1.08. The Labute approximate surface area is 69.8 Å². The summed E-state index contributed by atoms with van der Waals surface area (Å²) in [5, 5.41) is 12.6. The van der Waals surface area contributed by atoms with Crippen LogP contribution in [0.5, 0.6) is 0 Å². The molecule has 0 fully saturated rings. The molecule has 4 nitrogen and oxygen atoms in total. The first-order valence-corrected chi connectivity index (χ1v) is 3.31. The lowest BCUT2D eigenvalue weighted by Gasteiger charge is -1.93. The van der Waals surface area contributed by atoms with E-state index in [0.29, 0.717) is 11.3 Å². The molecule has 0 unspecified atom stereocenters. The predicted molar refractivity (Wildman–Crippen MR) is 42.8 cm³/mol. The molecule has 0 spiro atoms. The first kappa shape index (κ1) is 8.34. The van der Waals surface area contributed by atoms with Gasteiger partial charge in [-0.15, -0.1) is 6.42 Å². The minimum absolute atomic E-state index is 0.0648. The van der Waals surface area contributed by atoms with Crippen LogP contribution in [0.4, 0.5) is 0 Å². The quantitative estimate of drug-likeness (QED) is 0.611. The van der Waals surface area contributed by atoms with Gasteiger partial charge in [-0.2, -0.15) is 5.10 Å². The van der Waals surface area contributed by atoms with Crippen LogP contribution in [0.2, 0.25) is 0 Å². The summed E-state index contributed by atoms with van der Waals surface area (Å²) in [4.78, 5) is 10.7. The number of terminal acetylenes is 1. The van der Waals surface area contributed by atoms with Crippen molar-refractivity contribution in [1.82, 2.24) is 9.78 Å². The van der Waals surface area contributed by atoms with Crippen LogP contribution < -0.4 is 0 Å². The number of hydrogen-bond donors (Lipinski definition) is 1. The van der Waals surface area contributed by atoms with Crippen LogP contribution in [0.15, 0.2) is 0 Å².